The topological polar surface area (TPSA) is 84.0 Å². The molecule has 1 aromatic carbocycles. The van der Waals surface area contributed by atoms with Crippen LogP contribution in [0.4, 0.5) is 5.69 Å². The lowest BCUT2D eigenvalue weighted by Gasteiger charge is -2.08. The molecule has 0 fully saturated rings. The van der Waals surface area contributed by atoms with Crippen molar-refractivity contribution in [2.75, 3.05) is 17.6 Å². The van der Waals surface area contributed by atoms with E-state index in [-0.39, 0.29) is 24.7 Å². The van der Waals surface area contributed by atoms with Crippen LogP contribution in [0.1, 0.15) is 35.4 Å². The molecule has 138 valence electrons. The highest BCUT2D eigenvalue weighted by atomic mass is 32.2. The van der Waals surface area contributed by atoms with Gasteiger partial charge < -0.3 is 10.6 Å². The van der Waals surface area contributed by atoms with E-state index in [1.807, 2.05) is 19.1 Å². The van der Waals surface area contributed by atoms with Gasteiger partial charge in [0, 0.05) is 30.8 Å². The number of nitrogens with zero attached hydrogens (tertiary/aromatic N) is 2. The second-order valence-corrected chi connectivity index (χ2v) is 8.69. The summed E-state index contributed by atoms with van der Waals surface area (Å²) >= 11 is 3.11. The number of fused-ring (bicyclic) bond motifs is 1. The highest BCUT2D eigenvalue weighted by Crippen LogP contribution is 2.25. The highest BCUT2D eigenvalue weighted by molar-refractivity contribution is 8.01. The third-order valence-corrected chi connectivity index (χ3v) is 6.09. The lowest BCUT2D eigenvalue weighted by molar-refractivity contribution is -0.124. The van der Waals surface area contributed by atoms with Crippen LogP contribution in [-0.4, -0.2) is 34.3 Å². The van der Waals surface area contributed by atoms with Crippen molar-refractivity contribution >= 4 is 40.6 Å². The van der Waals surface area contributed by atoms with Crippen molar-refractivity contribution < 1.29 is 9.59 Å². The Morgan fingerprint density at radius 3 is 2.77 bits per heavy atom. The lowest BCUT2D eigenvalue weighted by atomic mass is 10.1. The molecular weight excluding hydrogens is 368 g/mol. The van der Waals surface area contributed by atoms with E-state index in [4.69, 9.17) is 0 Å². The van der Waals surface area contributed by atoms with E-state index in [2.05, 4.69) is 26.9 Å². The van der Waals surface area contributed by atoms with Crippen molar-refractivity contribution in [2.24, 2.45) is 0 Å². The lowest BCUT2D eigenvalue weighted by Crippen LogP contribution is -2.26. The van der Waals surface area contributed by atoms with Crippen molar-refractivity contribution in [1.29, 1.82) is 0 Å². The molecule has 6 nitrogen and oxygen atoms in total. The highest BCUT2D eigenvalue weighted by Gasteiger charge is 2.12. The molecule has 1 heterocycles. The first-order valence-corrected chi connectivity index (χ1v) is 10.5. The molecule has 0 spiro atoms. The second kappa shape index (κ2) is 9.14. The largest absolute Gasteiger partial charge is 0.355 e. The molecule has 0 radical (unpaired) electrons. The molecule has 1 aliphatic carbocycles. The molecule has 2 aromatic rings. The molecular formula is C18H22N4O2S2. The fourth-order valence-corrected chi connectivity index (χ4v) is 4.59. The maximum absolute atomic E-state index is 12.0. The number of carbonyl (C=O) groups is 2. The SMILES string of the molecule is Cc1nnc(SCCNC(=O)CCC(=O)Nc2ccc3c(c2)CCC3)s1. The minimum Gasteiger partial charge on any atom is -0.355 e. The van der Waals surface area contributed by atoms with Crippen LogP contribution in [0.5, 0.6) is 0 Å². The number of amides is 2. The van der Waals surface area contributed by atoms with Crippen molar-refractivity contribution in [3.8, 4) is 0 Å². The van der Waals surface area contributed by atoms with Gasteiger partial charge in [-0.25, -0.2) is 0 Å². The summed E-state index contributed by atoms with van der Waals surface area (Å²) in [6.45, 7) is 2.46. The zero-order valence-corrected chi connectivity index (χ0v) is 16.3. The minimum atomic E-state index is -0.128. The van der Waals surface area contributed by atoms with Gasteiger partial charge in [-0.1, -0.05) is 29.2 Å². The maximum atomic E-state index is 12.0. The Bertz CT molecular complexity index is 791. The summed E-state index contributed by atoms with van der Waals surface area (Å²) in [5.74, 6) is 0.502. The van der Waals surface area contributed by atoms with Gasteiger partial charge in [0.05, 0.1) is 0 Å². The average Bonchev–Trinajstić information content (AvgIpc) is 3.25. The van der Waals surface area contributed by atoms with E-state index in [1.54, 1.807) is 23.1 Å². The molecule has 2 amide bonds. The van der Waals surface area contributed by atoms with Gasteiger partial charge in [0.2, 0.25) is 11.8 Å². The van der Waals surface area contributed by atoms with Crippen LogP contribution in [0, 0.1) is 6.92 Å². The number of aryl methyl sites for hydroxylation is 3. The molecule has 0 unspecified atom stereocenters. The van der Waals surface area contributed by atoms with Gasteiger partial charge in [-0.05, 0) is 49.4 Å². The number of nitrogens with one attached hydrogen (secondary N) is 2. The number of hydrogen-bond donors (Lipinski definition) is 2. The van der Waals surface area contributed by atoms with E-state index >= 15 is 0 Å². The normalized spacial score (nSPS) is 12.7. The molecule has 1 aromatic heterocycles. The van der Waals surface area contributed by atoms with Gasteiger partial charge in [-0.3, -0.25) is 9.59 Å². The molecule has 0 aliphatic heterocycles. The summed E-state index contributed by atoms with van der Waals surface area (Å²) in [6.07, 6.45) is 3.77. The van der Waals surface area contributed by atoms with Crippen LogP contribution in [0.25, 0.3) is 0 Å². The molecule has 0 bridgehead atoms. The monoisotopic (exact) mass is 390 g/mol. The molecule has 26 heavy (non-hydrogen) atoms. The fraction of sp³-hybridized carbons (Fsp3) is 0.444. The smallest absolute Gasteiger partial charge is 0.224 e. The first-order valence-electron chi connectivity index (χ1n) is 8.71. The van der Waals surface area contributed by atoms with E-state index in [0.717, 1.165) is 33.6 Å². The number of hydrogen-bond acceptors (Lipinski definition) is 6. The third-order valence-electron chi connectivity index (χ3n) is 4.12. The Labute approximate surface area is 161 Å². The average molecular weight is 391 g/mol. The van der Waals surface area contributed by atoms with E-state index < -0.39 is 0 Å². The Hall–Kier alpha value is -1.93. The van der Waals surface area contributed by atoms with Gasteiger partial charge in [-0.2, -0.15) is 0 Å². The second-order valence-electron chi connectivity index (χ2n) is 6.17. The predicted molar refractivity (Wildman–Crippen MR) is 105 cm³/mol. The summed E-state index contributed by atoms with van der Waals surface area (Å²) in [7, 11) is 0. The van der Waals surface area contributed by atoms with Gasteiger partial charge in [0.15, 0.2) is 4.34 Å². The Morgan fingerprint density at radius 2 is 1.96 bits per heavy atom. The number of benzene rings is 1. The molecule has 8 heteroatoms. The van der Waals surface area contributed by atoms with Gasteiger partial charge in [-0.15, -0.1) is 10.2 Å². The van der Waals surface area contributed by atoms with Gasteiger partial charge >= 0.3 is 0 Å². The number of carbonyl (C=O) groups excluding carboxylic acids is 2. The van der Waals surface area contributed by atoms with Gasteiger partial charge in [0.1, 0.15) is 5.01 Å². The van der Waals surface area contributed by atoms with E-state index in [1.165, 1.54) is 17.5 Å². The number of rotatable bonds is 8. The van der Waals surface area contributed by atoms with Crippen molar-refractivity contribution in [3.63, 3.8) is 0 Å². The first-order chi connectivity index (χ1) is 12.6. The van der Waals surface area contributed by atoms with Crippen LogP contribution in [0.2, 0.25) is 0 Å². The zero-order valence-electron chi connectivity index (χ0n) is 14.7. The number of aromatic nitrogens is 2. The van der Waals surface area contributed by atoms with Gasteiger partial charge in [0.25, 0.3) is 0 Å². The Balaban J connectivity index is 1.31. The Kier molecular flexibility index (Phi) is 6.62. The van der Waals surface area contributed by atoms with Crippen molar-refractivity contribution in [3.05, 3.63) is 34.3 Å². The van der Waals surface area contributed by atoms with Crippen LogP contribution in [0.15, 0.2) is 22.5 Å². The molecule has 0 atom stereocenters. The predicted octanol–water partition coefficient (Wildman–Crippen LogP) is 2.96. The summed E-state index contributed by atoms with van der Waals surface area (Å²) in [6, 6.07) is 6.07. The van der Waals surface area contributed by atoms with Crippen LogP contribution >= 0.6 is 23.1 Å². The fourth-order valence-electron chi connectivity index (χ4n) is 2.85. The van der Waals surface area contributed by atoms with Crippen molar-refractivity contribution in [2.45, 2.75) is 43.4 Å². The summed E-state index contributed by atoms with van der Waals surface area (Å²) in [5.41, 5.74) is 3.52. The minimum absolute atomic E-state index is 0.108. The van der Waals surface area contributed by atoms with Crippen LogP contribution in [0.3, 0.4) is 0 Å². The first kappa shape index (κ1) is 18.8. The van der Waals surface area contributed by atoms with E-state index in [9.17, 15) is 9.59 Å². The number of anilines is 1. The summed E-state index contributed by atoms with van der Waals surface area (Å²) in [4.78, 5) is 23.9. The third kappa shape index (κ3) is 5.54. The summed E-state index contributed by atoms with van der Waals surface area (Å²) < 4.78 is 0.908. The van der Waals surface area contributed by atoms with E-state index in [0.29, 0.717) is 6.54 Å². The molecule has 2 N–H and O–H groups in total. The Morgan fingerprint density at radius 1 is 1.15 bits per heavy atom. The number of thioether (sulfide) groups is 1. The van der Waals surface area contributed by atoms with Crippen LogP contribution in [-0.2, 0) is 22.4 Å². The standard InChI is InChI=1S/C18H22N4O2S2/c1-12-21-22-18(26-12)25-10-9-19-16(23)7-8-17(24)20-15-6-5-13-3-2-4-14(13)11-15/h5-6,11H,2-4,7-10H2,1H3,(H,19,23)(H,20,24). The molecule has 0 saturated heterocycles. The zero-order chi connectivity index (χ0) is 18.4. The maximum Gasteiger partial charge on any atom is 0.224 e. The molecule has 3 rings (SSSR count). The molecule has 1 aliphatic rings. The molecule has 0 saturated carbocycles. The quantitative estimate of drug-likeness (QED) is 0.535. The van der Waals surface area contributed by atoms with Crippen LogP contribution < -0.4 is 10.6 Å². The summed E-state index contributed by atoms with van der Waals surface area (Å²) in [5, 5.41) is 14.6. The van der Waals surface area contributed by atoms with Crippen molar-refractivity contribution in [1.82, 2.24) is 15.5 Å².